The molecule has 7 heteroatoms. The summed E-state index contributed by atoms with van der Waals surface area (Å²) in [5.74, 6) is -1.09. The summed E-state index contributed by atoms with van der Waals surface area (Å²) >= 11 is 0. The van der Waals surface area contributed by atoms with Crippen molar-refractivity contribution in [1.82, 2.24) is 4.90 Å². The predicted molar refractivity (Wildman–Crippen MR) is 89.7 cm³/mol. The van der Waals surface area contributed by atoms with Crippen LogP contribution in [-0.4, -0.2) is 22.8 Å². The number of carbonyl (C=O) groups is 1. The number of carbonyl (C=O) groups excluding carboxylic acids is 1. The minimum absolute atomic E-state index is 0.139. The molecule has 0 bridgehead atoms. The van der Waals surface area contributed by atoms with Crippen molar-refractivity contribution in [3.63, 3.8) is 0 Å². The van der Waals surface area contributed by atoms with Crippen molar-refractivity contribution in [3.05, 3.63) is 81.2 Å². The molecule has 2 rings (SSSR count). The van der Waals surface area contributed by atoms with Crippen LogP contribution in [0.1, 0.15) is 16.7 Å². The normalized spacial score (nSPS) is 10.4. The number of halogens is 1. The Kier molecular flexibility index (Phi) is 5.58. The molecule has 0 aliphatic heterocycles. The number of hydrogen-bond donors (Lipinski definition) is 0. The van der Waals surface area contributed by atoms with E-state index in [0.717, 1.165) is 17.7 Å². The lowest BCUT2D eigenvalue weighted by molar-refractivity contribution is -0.385. The van der Waals surface area contributed by atoms with E-state index in [-0.39, 0.29) is 18.0 Å². The number of amides is 1. The molecular formula is C18H14FN3O3. The van der Waals surface area contributed by atoms with Crippen molar-refractivity contribution < 1.29 is 14.1 Å². The van der Waals surface area contributed by atoms with Crippen LogP contribution in [-0.2, 0) is 11.3 Å². The Hall–Kier alpha value is -3.53. The first-order valence-electron chi connectivity index (χ1n) is 7.27. The number of nitro benzene ring substituents is 1. The Morgan fingerprint density at radius 1 is 1.36 bits per heavy atom. The summed E-state index contributed by atoms with van der Waals surface area (Å²) in [5, 5.41) is 19.8. The van der Waals surface area contributed by atoms with Gasteiger partial charge in [0.1, 0.15) is 5.82 Å². The summed E-state index contributed by atoms with van der Waals surface area (Å²) in [6.07, 6.45) is 2.47. The lowest BCUT2D eigenvalue weighted by Crippen LogP contribution is -2.24. The van der Waals surface area contributed by atoms with Gasteiger partial charge in [0.15, 0.2) is 0 Å². The van der Waals surface area contributed by atoms with Crippen LogP contribution < -0.4 is 0 Å². The Labute approximate surface area is 143 Å². The van der Waals surface area contributed by atoms with E-state index in [1.54, 1.807) is 31.3 Å². The molecule has 0 aliphatic rings. The Morgan fingerprint density at radius 3 is 2.80 bits per heavy atom. The number of nitrogens with zero attached hydrogens (tertiary/aromatic N) is 3. The maximum atomic E-state index is 13.1. The van der Waals surface area contributed by atoms with E-state index >= 15 is 0 Å². The third-order valence-corrected chi connectivity index (χ3v) is 3.45. The summed E-state index contributed by atoms with van der Waals surface area (Å²) in [7, 11) is 1.57. The molecule has 0 aromatic heterocycles. The van der Waals surface area contributed by atoms with Gasteiger partial charge in [-0.05, 0) is 35.9 Å². The van der Waals surface area contributed by atoms with Crippen LogP contribution in [0.3, 0.4) is 0 Å². The number of rotatable bonds is 5. The average Bonchev–Trinajstić information content (AvgIpc) is 2.60. The van der Waals surface area contributed by atoms with Crippen LogP contribution in [0.15, 0.2) is 48.5 Å². The highest BCUT2D eigenvalue weighted by atomic mass is 19.1. The van der Waals surface area contributed by atoms with Crippen LogP contribution in [0, 0.1) is 27.3 Å². The maximum Gasteiger partial charge on any atom is 0.279 e. The standard InChI is InChI=1S/C18H14FN3O3/c1-21(12-14-4-2-3-13(9-14)11-20)18(23)8-6-15-5-7-16(19)10-17(15)22(24)25/h2-10H,12H2,1H3. The fourth-order valence-electron chi connectivity index (χ4n) is 2.20. The zero-order valence-corrected chi connectivity index (χ0v) is 13.3. The largest absolute Gasteiger partial charge is 0.338 e. The molecule has 2 aromatic carbocycles. The lowest BCUT2D eigenvalue weighted by atomic mass is 10.1. The second-order valence-electron chi connectivity index (χ2n) is 5.30. The van der Waals surface area contributed by atoms with E-state index in [4.69, 9.17) is 5.26 Å². The first-order valence-corrected chi connectivity index (χ1v) is 7.27. The summed E-state index contributed by atoms with van der Waals surface area (Å²) in [4.78, 5) is 23.8. The fourth-order valence-corrected chi connectivity index (χ4v) is 2.20. The molecule has 0 spiro atoms. The number of hydrogen-bond acceptors (Lipinski definition) is 4. The summed E-state index contributed by atoms with van der Waals surface area (Å²) in [6.45, 7) is 0.282. The van der Waals surface area contributed by atoms with Crippen LogP contribution >= 0.6 is 0 Å². The van der Waals surface area contributed by atoms with Crippen molar-refractivity contribution in [2.45, 2.75) is 6.54 Å². The van der Waals surface area contributed by atoms with E-state index in [1.807, 2.05) is 6.07 Å². The molecule has 0 saturated heterocycles. The molecule has 6 nitrogen and oxygen atoms in total. The van der Waals surface area contributed by atoms with Crippen molar-refractivity contribution in [2.24, 2.45) is 0 Å². The second-order valence-corrected chi connectivity index (χ2v) is 5.30. The molecule has 0 radical (unpaired) electrons. The van der Waals surface area contributed by atoms with Crippen molar-refractivity contribution in [2.75, 3.05) is 7.05 Å². The Balaban J connectivity index is 2.12. The topological polar surface area (TPSA) is 87.2 Å². The summed E-state index contributed by atoms with van der Waals surface area (Å²) in [6, 6.07) is 12.0. The maximum absolute atomic E-state index is 13.1. The van der Waals surface area contributed by atoms with Gasteiger partial charge in [-0.25, -0.2) is 4.39 Å². The predicted octanol–water partition coefficient (Wildman–Crippen LogP) is 3.28. The minimum atomic E-state index is -0.718. The SMILES string of the molecule is CN(Cc1cccc(C#N)c1)C(=O)C=Cc1ccc(F)cc1[N+](=O)[O-]. The van der Waals surface area contributed by atoms with Crippen LogP contribution in [0.4, 0.5) is 10.1 Å². The quantitative estimate of drug-likeness (QED) is 0.475. The third kappa shape index (κ3) is 4.72. The first kappa shape index (κ1) is 17.8. The monoisotopic (exact) mass is 339 g/mol. The third-order valence-electron chi connectivity index (χ3n) is 3.45. The van der Waals surface area contributed by atoms with E-state index < -0.39 is 16.4 Å². The van der Waals surface area contributed by atoms with E-state index in [1.165, 1.54) is 23.1 Å². The molecular weight excluding hydrogens is 325 g/mol. The number of nitro groups is 1. The Bertz CT molecular complexity index is 887. The second kappa shape index (κ2) is 7.84. The van der Waals surface area contributed by atoms with Gasteiger partial charge in [0.2, 0.25) is 5.91 Å². The highest BCUT2D eigenvalue weighted by Crippen LogP contribution is 2.21. The molecule has 0 unspecified atom stereocenters. The molecule has 0 saturated carbocycles. The van der Waals surface area contributed by atoms with Gasteiger partial charge in [0.05, 0.1) is 28.2 Å². The van der Waals surface area contributed by atoms with Crippen molar-refractivity contribution in [3.8, 4) is 6.07 Å². The highest BCUT2D eigenvalue weighted by Gasteiger charge is 2.13. The van der Waals surface area contributed by atoms with Gasteiger partial charge in [-0.1, -0.05) is 12.1 Å². The summed E-state index contributed by atoms with van der Waals surface area (Å²) in [5.41, 5.74) is 1.01. The number of nitriles is 1. The number of likely N-dealkylation sites (N-methyl/N-ethyl adjacent to an activating group) is 1. The zero-order valence-electron chi connectivity index (χ0n) is 13.3. The van der Waals surface area contributed by atoms with Crippen LogP contribution in [0.2, 0.25) is 0 Å². The molecule has 0 heterocycles. The van der Waals surface area contributed by atoms with Crippen molar-refractivity contribution >= 4 is 17.7 Å². The summed E-state index contributed by atoms with van der Waals surface area (Å²) < 4.78 is 13.1. The Morgan fingerprint density at radius 2 is 2.12 bits per heavy atom. The van der Waals surface area contributed by atoms with Crippen molar-refractivity contribution in [1.29, 1.82) is 5.26 Å². The molecule has 0 aliphatic carbocycles. The molecule has 1 amide bonds. The molecule has 0 atom stereocenters. The van der Waals surface area contributed by atoms with Gasteiger partial charge in [-0.15, -0.1) is 0 Å². The molecule has 2 aromatic rings. The lowest BCUT2D eigenvalue weighted by Gasteiger charge is -2.15. The van der Waals surface area contributed by atoms with Gasteiger partial charge in [-0.3, -0.25) is 14.9 Å². The average molecular weight is 339 g/mol. The van der Waals surface area contributed by atoms with E-state index in [2.05, 4.69) is 0 Å². The van der Waals surface area contributed by atoms with E-state index in [0.29, 0.717) is 5.56 Å². The van der Waals surface area contributed by atoms with Crippen LogP contribution in [0.5, 0.6) is 0 Å². The van der Waals surface area contributed by atoms with E-state index in [9.17, 15) is 19.3 Å². The molecule has 126 valence electrons. The highest BCUT2D eigenvalue weighted by molar-refractivity contribution is 5.92. The molecule has 0 fully saturated rings. The smallest absolute Gasteiger partial charge is 0.279 e. The first-order chi connectivity index (χ1) is 11.9. The zero-order chi connectivity index (χ0) is 18.4. The van der Waals surface area contributed by atoms with Gasteiger partial charge in [0, 0.05) is 19.7 Å². The van der Waals surface area contributed by atoms with Gasteiger partial charge < -0.3 is 4.90 Å². The minimum Gasteiger partial charge on any atom is -0.338 e. The fraction of sp³-hybridized carbons (Fsp3) is 0.111. The van der Waals surface area contributed by atoms with Gasteiger partial charge in [0.25, 0.3) is 5.69 Å². The number of benzene rings is 2. The molecule has 0 N–H and O–H groups in total. The van der Waals surface area contributed by atoms with Gasteiger partial charge >= 0.3 is 0 Å². The molecule has 25 heavy (non-hydrogen) atoms. The van der Waals surface area contributed by atoms with Gasteiger partial charge in [-0.2, -0.15) is 5.26 Å². The van der Waals surface area contributed by atoms with Crippen LogP contribution in [0.25, 0.3) is 6.08 Å².